The lowest BCUT2D eigenvalue weighted by molar-refractivity contribution is -0.116. The summed E-state index contributed by atoms with van der Waals surface area (Å²) in [5.41, 5.74) is 1.41. The number of hydrogen-bond donors (Lipinski definition) is 5. The zero-order chi connectivity index (χ0) is 15.2. The maximum atomic E-state index is 11.9. The molecule has 0 aliphatic heterocycles. The van der Waals surface area contributed by atoms with Gasteiger partial charge in [-0.15, -0.1) is 0 Å². The van der Waals surface area contributed by atoms with Crippen LogP contribution in [0.25, 0.3) is 0 Å². The Kier molecular flexibility index (Phi) is 6.09. The quantitative estimate of drug-likeness (QED) is 0.466. The summed E-state index contributed by atoms with van der Waals surface area (Å²) in [6.07, 6.45) is 0. The SMILES string of the molecule is Cc1cccc(C)c1NC(=O)CNC(CO)(CO)CO. The Labute approximate surface area is 118 Å². The molecule has 0 bridgehead atoms. The summed E-state index contributed by atoms with van der Waals surface area (Å²) in [4.78, 5) is 11.9. The molecular weight excluding hydrogens is 260 g/mol. The van der Waals surface area contributed by atoms with E-state index in [1.165, 1.54) is 0 Å². The fourth-order valence-corrected chi connectivity index (χ4v) is 1.78. The largest absolute Gasteiger partial charge is 0.394 e. The van der Waals surface area contributed by atoms with Crippen molar-refractivity contribution in [1.82, 2.24) is 5.32 Å². The summed E-state index contributed by atoms with van der Waals surface area (Å²) in [6, 6.07) is 5.71. The van der Waals surface area contributed by atoms with E-state index in [9.17, 15) is 4.79 Å². The molecule has 1 aromatic carbocycles. The third-order valence-electron chi connectivity index (χ3n) is 3.28. The van der Waals surface area contributed by atoms with Gasteiger partial charge in [0, 0.05) is 5.69 Å². The fourth-order valence-electron chi connectivity index (χ4n) is 1.78. The number of amides is 1. The molecule has 112 valence electrons. The lowest BCUT2D eigenvalue weighted by atomic mass is 10.0. The third-order valence-corrected chi connectivity index (χ3v) is 3.28. The van der Waals surface area contributed by atoms with E-state index >= 15 is 0 Å². The van der Waals surface area contributed by atoms with Crippen LogP contribution in [0.3, 0.4) is 0 Å². The lowest BCUT2D eigenvalue weighted by Crippen LogP contribution is -2.56. The van der Waals surface area contributed by atoms with Crippen LogP contribution < -0.4 is 10.6 Å². The molecule has 6 nitrogen and oxygen atoms in total. The molecule has 0 saturated heterocycles. The summed E-state index contributed by atoms with van der Waals surface area (Å²) in [5.74, 6) is -0.304. The van der Waals surface area contributed by atoms with Crippen LogP contribution in [-0.4, -0.2) is 53.1 Å². The van der Waals surface area contributed by atoms with Crippen LogP contribution in [0.4, 0.5) is 5.69 Å². The molecule has 1 amide bonds. The summed E-state index contributed by atoms with van der Waals surface area (Å²) in [5, 5.41) is 32.9. The molecule has 0 aliphatic carbocycles. The average Bonchev–Trinajstić information content (AvgIpc) is 2.45. The number of carbonyl (C=O) groups excluding carboxylic acids is 1. The predicted molar refractivity (Wildman–Crippen MR) is 76.5 cm³/mol. The van der Waals surface area contributed by atoms with Crippen molar-refractivity contribution in [2.24, 2.45) is 0 Å². The third kappa shape index (κ3) is 4.01. The van der Waals surface area contributed by atoms with Crippen molar-refractivity contribution in [3.05, 3.63) is 29.3 Å². The second kappa shape index (κ2) is 7.35. The topological polar surface area (TPSA) is 102 Å². The van der Waals surface area contributed by atoms with Gasteiger partial charge >= 0.3 is 0 Å². The number of carbonyl (C=O) groups is 1. The van der Waals surface area contributed by atoms with Crippen LogP contribution in [0.15, 0.2) is 18.2 Å². The molecule has 1 aromatic rings. The van der Waals surface area contributed by atoms with Gasteiger partial charge in [0.15, 0.2) is 0 Å². The zero-order valence-electron chi connectivity index (χ0n) is 11.8. The molecule has 0 atom stereocenters. The van der Waals surface area contributed by atoms with Crippen molar-refractivity contribution in [1.29, 1.82) is 0 Å². The number of aryl methyl sites for hydroxylation is 2. The first kappa shape index (κ1) is 16.6. The van der Waals surface area contributed by atoms with Gasteiger partial charge in [0.05, 0.1) is 31.9 Å². The van der Waals surface area contributed by atoms with Gasteiger partial charge < -0.3 is 20.6 Å². The molecule has 1 rings (SSSR count). The Morgan fingerprint density at radius 1 is 1.10 bits per heavy atom. The highest BCUT2D eigenvalue weighted by Crippen LogP contribution is 2.19. The minimum absolute atomic E-state index is 0.116. The number of hydrogen-bond acceptors (Lipinski definition) is 5. The molecule has 0 spiro atoms. The maximum Gasteiger partial charge on any atom is 0.238 e. The number of aliphatic hydroxyl groups is 3. The first-order valence-corrected chi connectivity index (χ1v) is 6.41. The van der Waals surface area contributed by atoms with Crippen LogP contribution in [-0.2, 0) is 4.79 Å². The van der Waals surface area contributed by atoms with Crippen LogP contribution in [0.2, 0.25) is 0 Å². The van der Waals surface area contributed by atoms with Crippen molar-refractivity contribution in [3.63, 3.8) is 0 Å². The number of aliphatic hydroxyl groups excluding tert-OH is 3. The summed E-state index contributed by atoms with van der Waals surface area (Å²) in [7, 11) is 0. The van der Waals surface area contributed by atoms with Crippen molar-refractivity contribution in [2.75, 3.05) is 31.7 Å². The van der Waals surface area contributed by atoms with E-state index in [0.717, 1.165) is 16.8 Å². The van der Waals surface area contributed by atoms with Gasteiger partial charge in [-0.2, -0.15) is 0 Å². The standard InChI is InChI=1S/C14H22N2O4/c1-10-4-3-5-11(2)13(10)16-12(20)6-15-14(7-17,8-18)9-19/h3-5,15,17-19H,6-9H2,1-2H3,(H,16,20). The Balaban J connectivity index is 2.65. The van der Waals surface area contributed by atoms with Crippen LogP contribution in [0.5, 0.6) is 0 Å². The van der Waals surface area contributed by atoms with E-state index in [0.29, 0.717) is 0 Å². The number of para-hydroxylation sites is 1. The molecule has 0 aromatic heterocycles. The molecule has 0 aliphatic rings. The Morgan fingerprint density at radius 2 is 1.60 bits per heavy atom. The van der Waals surface area contributed by atoms with Crippen LogP contribution >= 0.6 is 0 Å². The van der Waals surface area contributed by atoms with Crippen molar-refractivity contribution in [3.8, 4) is 0 Å². The Bertz CT molecular complexity index is 430. The number of benzene rings is 1. The zero-order valence-corrected chi connectivity index (χ0v) is 11.8. The molecule has 0 saturated carbocycles. The van der Waals surface area contributed by atoms with Crippen molar-refractivity contribution in [2.45, 2.75) is 19.4 Å². The van der Waals surface area contributed by atoms with E-state index in [4.69, 9.17) is 15.3 Å². The number of rotatable bonds is 7. The van der Waals surface area contributed by atoms with E-state index in [-0.39, 0.29) is 12.5 Å². The highest BCUT2D eigenvalue weighted by atomic mass is 16.3. The average molecular weight is 282 g/mol. The maximum absolute atomic E-state index is 11.9. The monoisotopic (exact) mass is 282 g/mol. The van der Waals surface area contributed by atoms with Crippen LogP contribution in [0.1, 0.15) is 11.1 Å². The van der Waals surface area contributed by atoms with Gasteiger partial charge in [0.25, 0.3) is 0 Å². The van der Waals surface area contributed by atoms with E-state index in [2.05, 4.69) is 10.6 Å². The van der Waals surface area contributed by atoms with Gasteiger partial charge in [-0.1, -0.05) is 18.2 Å². The molecular formula is C14H22N2O4. The number of nitrogens with one attached hydrogen (secondary N) is 2. The van der Waals surface area contributed by atoms with E-state index in [1.807, 2.05) is 32.0 Å². The van der Waals surface area contributed by atoms with Crippen molar-refractivity contribution >= 4 is 11.6 Å². The van der Waals surface area contributed by atoms with Gasteiger partial charge in [-0.25, -0.2) is 0 Å². The molecule has 0 fully saturated rings. The molecule has 6 heteroatoms. The van der Waals surface area contributed by atoms with Crippen molar-refractivity contribution < 1.29 is 20.1 Å². The minimum atomic E-state index is -1.25. The Hall–Kier alpha value is -1.47. The van der Waals surface area contributed by atoms with Gasteiger partial charge in [0.2, 0.25) is 5.91 Å². The van der Waals surface area contributed by atoms with Gasteiger partial charge in [-0.05, 0) is 25.0 Å². The summed E-state index contributed by atoms with van der Waals surface area (Å²) >= 11 is 0. The highest BCUT2D eigenvalue weighted by Gasteiger charge is 2.28. The highest BCUT2D eigenvalue weighted by molar-refractivity contribution is 5.93. The molecule has 20 heavy (non-hydrogen) atoms. The second-order valence-electron chi connectivity index (χ2n) is 4.92. The lowest BCUT2D eigenvalue weighted by Gasteiger charge is -2.28. The van der Waals surface area contributed by atoms with E-state index < -0.39 is 25.4 Å². The normalized spacial score (nSPS) is 11.4. The second-order valence-corrected chi connectivity index (χ2v) is 4.92. The molecule has 0 heterocycles. The Morgan fingerprint density at radius 3 is 2.05 bits per heavy atom. The first-order chi connectivity index (χ1) is 9.48. The predicted octanol–water partition coefficient (Wildman–Crippen LogP) is -0.453. The smallest absolute Gasteiger partial charge is 0.238 e. The first-order valence-electron chi connectivity index (χ1n) is 6.41. The summed E-state index contributed by atoms with van der Waals surface area (Å²) in [6.45, 7) is 2.30. The van der Waals surface area contributed by atoms with Crippen LogP contribution in [0, 0.1) is 13.8 Å². The molecule has 0 unspecified atom stereocenters. The fraction of sp³-hybridized carbons (Fsp3) is 0.500. The molecule has 5 N–H and O–H groups in total. The van der Waals surface area contributed by atoms with Gasteiger partial charge in [-0.3, -0.25) is 10.1 Å². The molecule has 0 radical (unpaired) electrons. The van der Waals surface area contributed by atoms with Gasteiger partial charge in [0.1, 0.15) is 0 Å². The number of anilines is 1. The summed E-state index contributed by atoms with van der Waals surface area (Å²) < 4.78 is 0. The van der Waals surface area contributed by atoms with E-state index in [1.54, 1.807) is 0 Å². The minimum Gasteiger partial charge on any atom is -0.394 e.